The van der Waals surface area contributed by atoms with Gasteiger partial charge < -0.3 is 4.90 Å². The van der Waals surface area contributed by atoms with Crippen LogP contribution in [0.4, 0.5) is 0 Å². The Bertz CT molecular complexity index is 562. The molecule has 0 radical (unpaired) electrons. The maximum Gasteiger partial charge on any atom is 0.397 e. The van der Waals surface area contributed by atoms with E-state index in [2.05, 4.69) is 40.1 Å². The van der Waals surface area contributed by atoms with Crippen LogP contribution in [0.15, 0.2) is 17.1 Å². The van der Waals surface area contributed by atoms with Gasteiger partial charge in [-0.3, -0.25) is 13.7 Å². The van der Waals surface area contributed by atoms with Crippen molar-refractivity contribution >= 4 is 16.2 Å². The summed E-state index contributed by atoms with van der Waals surface area (Å²) in [7, 11) is -3.29. The van der Waals surface area contributed by atoms with Crippen molar-refractivity contribution in [2.75, 3.05) is 26.7 Å². The van der Waals surface area contributed by atoms with Crippen LogP contribution >= 0.6 is 0 Å². The van der Waals surface area contributed by atoms with E-state index >= 15 is 0 Å². The van der Waals surface area contributed by atoms with Gasteiger partial charge in [-0.1, -0.05) is 76.9 Å². The first-order chi connectivity index (χ1) is 14.9. The summed E-state index contributed by atoms with van der Waals surface area (Å²) in [5, 5.41) is 0. The van der Waals surface area contributed by atoms with Crippen LogP contribution in [-0.2, 0) is 14.6 Å². The van der Waals surface area contributed by atoms with Gasteiger partial charge in [-0.05, 0) is 39.0 Å². The third kappa shape index (κ3) is 20.7. The van der Waals surface area contributed by atoms with Crippen molar-refractivity contribution in [2.45, 2.75) is 110 Å². The number of nitrogens with zero attached hydrogens (tertiary/aromatic N) is 2. The molecular weight excluding hydrogens is 412 g/mol. The van der Waals surface area contributed by atoms with Crippen molar-refractivity contribution in [1.82, 2.24) is 4.90 Å². The fraction of sp³-hybridized carbons (Fsp3) is 0.875. The second-order valence-electron chi connectivity index (χ2n) is 8.16. The number of aliphatic imine (C=N–C) groups is 1. The summed E-state index contributed by atoms with van der Waals surface area (Å²) in [5.41, 5.74) is 0. The fourth-order valence-electron chi connectivity index (χ4n) is 3.64. The Morgan fingerprint density at radius 3 is 1.87 bits per heavy atom. The second-order valence-corrected chi connectivity index (χ2v) is 9.35. The van der Waals surface area contributed by atoms with Crippen molar-refractivity contribution in [2.24, 2.45) is 4.99 Å². The zero-order valence-electron chi connectivity index (χ0n) is 20.4. The van der Waals surface area contributed by atoms with E-state index in [4.69, 9.17) is 4.55 Å². The van der Waals surface area contributed by atoms with E-state index < -0.39 is 10.4 Å². The van der Waals surface area contributed by atoms with Crippen LogP contribution in [0.5, 0.6) is 0 Å². The number of hydrogen-bond donors (Lipinski definition) is 1. The number of likely N-dealkylation sites (N-methyl/N-ethyl adjacent to an activating group) is 1. The van der Waals surface area contributed by atoms with Crippen molar-refractivity contribution in [3.63, 3.8) is 0 Å². The molecular formula is C24H48N2O4S. The van der Waals surface area contributed by atoms with Gasteiger partial charge >= 0.3 is 10.4 Å². The molecule has 31 heavy (non-hydrogen) atoms. The number of hydrogen-bond acceptors (Lipinski definition) is 5. The molecule has 0 aromatic carbocycles. The van der Waals surface area contributed by atoms with Crippen LogP contribution in [-0.4, -0.2) is 50.5 Å². The minimum atomic E-state index is -4.16. The van der Waals surface area contributed by atoms with Crippen LogP contribution < -0.4 is 0 Å². The first-order valence-electron chi connectivity index (χ1n) is 12.4. The predicted molar refractivity (Wildman–Crippen MR) is 132 cm³/mol. The highest BCUT2D eigenvalue weighted by Crippen LogP contribution is 2.13. The first kappa shape index (κ1) is 30.1. The molecule has 0 atom stereocenters. The summed E-state index contributed by atoms with van der Waals surface area (Å²) < 4.78 is 29.7. The zero-order chi connectivity index (χ0) is 23.2. The van der Waals surface area contributed by atoms with Crippen molar-refractivity contribution < 1.29 is 17.2 Å². The van der Waals surface area contributed by atoms with Gasteiger partial charge in [-0.25, -0.2) is 0 Å². The maximum absolute atomic E-state index is 9.33. The van der Waals surface area contributed by atoms with Crippen LogP contribution in [0.25, 0.3) is 0 Å². The van der Waals surface area contributed by atoms with Crippen molar-refractivity contribution in [3.8, 4) is 0 Å². The Kier molecular flexibility index (Phi) is 20.3. The lowest BCUT2D eigenvalue weighted by Gasteiger charge is -2.17. The van der Waals surface area contributed by atoms with Gasteiger partial charge in [0.1, 0.15) is 0 Å². The zero-order valence-corrected chi connectivity index (χ0v) is 21.2. The highest BCUT2D eigenvalue weighted by Gasteiger charge is 2.13. The molecule has 0 aromatic heterocycles. The molecule has 0 fully saturated rings. The predicted octanol–water partition coefficient (Wildman–Crippen LogP) is 6.58. The Morgan fingerprint density at radius 1 is 0.903 bits per heavy atom. The number of amidine groups is 1. The van der Waals surface area contributed by atoms with Crippen LogP contribution in [0.2, 0.25) is 0 Å². The van der Waals surface area contributed by atoms with Gasteiger partial charge in [0.2, 0.25) is 0 Å². The standard InChI is InChI=1S/C23H44N2.CH4O4S/c1-3-5-6-7-8-9-10-11-12-13-14-15-16-17-18-19-20-23-24-21-22-25(23)4-2;1-5-6(2,3)4/h11-12H,3-10,13-22H2,1-2H3;1H3,(H,2,3,4)/b12-11-;. The van der Waals surface area contributed by atoms with Crippen LogP contribution in [0.3, 0.4) is 0 Å². The first-order valence-corrected chi connectivity index (χ1v) is 13.8. The second kappa shape index (κ2) is 21.0. The van der Waals surface area contributed by atoms with Crippen molar-refractivity contribution in [3.05, 3.63) is 12.2 Å². The quantitative estimate of drug-likeness (QED) is 0.142. The lowest BCUT2D eigenvalue weighted by atomic mass is 10.1. The Balaban J connectivity index is 0.00000131. The molecule has 0 aromatic rings. The fourth-order valence-corrected chi connectivity index (χ4v) is 3.64. The Hall–Kier alpha value is -0.920. The molecule has 0 aliphatic carbocycles. The highest BCUT2D eigenvalue weighted by molar-refractivity contribution is 7.80. The largest absolute Gasteiger partial charge is 0.397 e. The Morgan fingerprint density at radius 2 is 1.39 bits per heavy atom. The Labute approximate surface area is 192 Å². The summed E-state index contributed by atoms with van der Waals surface area (Å²) in [6, 6.07) is 0. The monoisotopic (exact) mass is 460 g/mol. The molecule has 0 spiro atoms. The molecule has 0 saturated carbocycles. The van der Waals surface area contributed by atoms with Gasteiger partial charge in [0, 0.05) is 19.5 Å². The van der Waals surface area contributed by atoms with Crippen LogP contribution in [0, 0.1) is 0 Å². The van der Waals surface area contributed by atoms with Crippen molar-refractivity contribution in [1.29, 1.82) is 0 Å². The molecule has 0 unspecified atom stereocenters. The molecule has 1 N–H and O–H groups in total. The SMILES string of the molecule is CCCCCCCC/C=C\CCCCCCCCC1=NCCN1CC.COS(=O)(=O)O. The number of rotatable bonds is 18. The topological polar surface area (TPSA) is 79.2 Å². The van der Waals surface area contributed by atoms with Gasteiger partial charge in [-0.15, -0.1) is 0 Å². The molecule has 0 saturated heterocycles. The molecule has 0 amide bonds. The van der Waals surface area contributed by atoms with E-state index in [0.717, 1.165) is 26.7 Å². The van der Waals surface area contributed by atoms with Gasteiger partial charge in [0.25, 0.3) is 0 Å². The molecule has 7 heteroatoms. The third-order valence-electron chi connectivity index (χ3n) is 5.53. The van der Waals surface area contributed by atoms with E-state index in [9.17, 15) is 8.42 Å². The lowest BCUT2D eigenvalue weighted by molar-refractivity contribution is 0.324. The molecule has 1 rings (SSSR count). The van der Waals surface area contributed by atoms with E-state index in [1.165, 1.54) is 102 Å². The van der Waals surface area contributed by atoms with Gasteiger partial charge in [-0.2, -0.15) is 8.42 Å². The smallest absolute Gasteiger partial charge is 0.359 e. The number of unbranched alkanes of at least 4 members (excludes halogenated alkanes) is 12. The molecule has 1 aliphatic heterocycles. The molecule has 6 nitrogen and oxygen atoms in total. The summed E-state index contributed by atoms with van der Waals surface area (Å²) in [6.07, 6.45) is 25.4. The minimum absolute atomic E-state index is 0.870. The summed E-state index contributed by atoms with van der Waals surface area (Å²) in [5.74, 6) is 1.37. The molecule has 184 valence electrons. The summed E-state index contributed by atoms with van der Waals surface area (Å²) >= 11 is 0. The van der Waals surface area contributed by atoms with Gasteiger partial charge in [0.05, 0.1) is 19.5 Å². The van der Waals surface area contributed by atoms with E-state index in [0.29, 0.717) is 0 Å². The summed E-state index contributed by atoms with van der Waals surface area (Å²) in [6.45, 7) is 7.83. The molecule has 0 bridgehead atoms. The van der Waals surface area contributed by atoms with E-state index in [1.54, 1.807) is 0 Å². The molecule has 1 heterocycles. The average molecular weight is 461 g/mol. The lowest BCUT2D eigenvalue weighted by Crippen LogP contribution is -2.27. The normalized spacial score (nSPS) is 14.1. The third-order valence-corrected chi connectivity index (χ3v) is 5.96. The highest BCUT2D eigenvalue weighted by atomic mass is 32.3. The average Bonchev–Trinajstić information content (AvgIpc) is 3.21. The molecule has 1 aliphatic rings. The summed E-state index contributed by atoms with van der Waals surface area (Å²) in [4.78, 5) is 7.07. The maximum atomic E-state index is 9.33. The van der Waals surface area contributed by atoms with E-state index in [1.807, 2.05) is 0 Å². The number of allylic oxidation sites excluding steroid dienone is 2. The van der Waals surface area contributed by atoms with E-state index in [-0.39, 0.29) is 0 Å². The van der Waals surface area contributed by atoms with Crippen LogP contribution in [0.1, 0.15) is 110 Å². The van der Waals surface area contributed by atoms with Gasteiger partial charge in [0.15, 0.2) is 0 Å². The minimum Gasteiger partial charge on any atom is -0.359 e.